The van der Waals surface area contributed by atoms with E-state index in [1.165, 1.54) is 0 Å². The Bertz CT molecular complexity index is 1350. The molecule has 162 valence electrons. The van der Waals surface area contributed by atoms with Crippen molar-refractivity contribution < 1.29 is 23.9 Å². The predicted octanol–water partition coefficient (Wildman–Crippen LogP) is 4.99. The quantitative estimate of drug-likeness (QED) is 0.319. The van der Waals surface area contributed by atoms with E-state index in [1.807, 2.05) is 49.4 Å². The smallest absolute Gasteiger partial charge is 0.356 e. The summed E-state index contributed by atoms with van der Waals surface area (Å²) in [6.45, 7) is 5.52. The van der Waals surface area contributed by atoms with Gasteiger partial charge in [-0.1, -0.05) is 54.1 Å². The molecule has 6 nitrogen and oxygen atoms in total. The van der Waals surface area contributed by atoms with E-state index in [2.05, 4.69) is 0 Å². The third kappa shape index (κ3) is 3.54. The van der Waals surface area contributed by atoms with Crippen molar-refractivity contribution >= 4 is 34.0 Å². The number of carbonyl (C=O) groups excluding carboxylic acids is 3. The SMILES string of the molecule is CCOC(=O)c1c(C(=O)c2ccc(C)cc2)c2c3ccccc3ccn2c1C(=O)OCC. The third-order valence-electron chi connectivity index (χ3n) is 5.31. The van der Waals surface area contributed by atoms with Gasteiger partial charge in [-0.25, -0.2) is 9.59 Å². The van der Waals surface area contributed by atoms with Crippen LogP contribution in [0.2, 0.25) is 0 Å². The Morgan fingerprint density at radius 3 is 2.16 bits per heavy atom. The summed E-state index contributed by atoms with van der Waals surface area (Å²) < 4.78 is 12.1. The zero-order valence-corrected chi connectivity index (χ0v) is 18.2. The van der Waals surface area contributed by atoms with Crippen molar-refractivity contribution in [3.63, 3.8) is 0 Å². The Hall–Kier alpha value is -3.93. The molecule has 0 atom stereocenters. The number of benzene rings is 2. The van der Waals surface area contributed by atoms with E-state index in [4.69, 9.17) is 9.47 Å². The number of esters is 2. The maximum atomic E-state index is 13.8. The summed E-state index contributed by atoms with van der Waals surface area (Å²) in [7, 11) is 0. The lowest BCUT2D eigenvalue weighted by atomic mass is 9.97. The van der Waals surface area contributed by atoms with Crippen LogP contribution in [-0.2, 0) is 9.47 Å². The number of hydrogen-bond donors (Lipinski definition) is 0. The lowest BCUT2D eigenvalue weighted by Gasteiger charge is -2.07. The molecule has 0 unspecified atom stereocenters. The molecule has 32 heavy (non-hydrogen) atoms. The highest BCUT2D eigenvalue weighted by molar-refractivity contribution is 6.24. The molecule has 4 aromatic rings. The van der Waals surface area contributed by atoms with Crippen LogP contribution in [0.1, 0.15) is 56.2 Å². The molecule has 0 aliphatic carbocycles. The fourth-order valence-corrected chi connectivity index (χ4v) is 3.89. The first-order valence-electron chi connectivity index (χ1n) is 10.5. The highest BCUT2D eigenvalue weighted by atomic mass is 16.5. The van der Waals surface area contributed by atoms with E-state index in [1.54, 1.807) is 36.6 Å². The van der Waals surface area contributed by atoms with Gasteiger partial charge in [0, 0.05) is 17.1 Å². The number of rotatable bonds is 6. The highest BCUT2D eigenvalue weighted by Gasteiger charge is 2.34. The van der Waals surface area contributed by atoms with Gasteiger partial charge in [0.05, 0.1) is 24.3 Å². The fourth-order valence-electron chi connectivity index (χ4n) is 3.89. The summed E-state index contributed by atoms with van der Waals surface area (Å²) >= 11 is 0. The van der Waals surface area contributed by atoms with Gasteiger partial charge in [-0.3, -0.25) is 4.79 Å². The molecule has 0 aliphatic heterocycles. The Morgan fingerprint density at radius 2 is 1.47 bits per heavy atom. The summed E-state index contributed by atoms with van der Waals surface area (Å²) in [4.78, 5) is 39.8. The monoisotopic (exact) mass is 429 g/mol. The second-order valence-corrected chi connectivity index (χ2v) is 7.36. The summed E-state index contributed by atoms with van der Waals surface area (Å²) in [5, 5.41) is 1.62. The molecule has 2 heterocycles. The lowest BCUT2D eigenvalue weighted by molar-refractivity contribution is 0.0473. The molecule has 0 amide bonds. The van der Waals surface area contributed by atoms with Crippen LogP contribution in [0.5, 0.6) is 0 Å². The van der Waals surface area contributed by atoms with Gasteiger partial charge in [0.2, 0.25) is 0 Å². The molecule has 2 aromatic heterocycles. The van der Waals surface area contributed by atoms with Gasteiger partial charge in [-0.05, 0) is 32.2 Å². The standard InChI is InChI=1S/C26H23NO5/c1-4-31-25(29)21-20(24(28)18-12-10-16(3)11-13-18)22-19-9-7-6-8-17(19)14-15-27(22)23(21)26(30)32-5-2/h6-15H,4-5H2,1-3H3. The van der Waals surface area contributed by atoms with Crippen LogP contribution in [0, 0.1) is 6.92 Å². The van der Waals surface area contributed by atoms with Crippen molar-refractivity contribution in [1.82, 2.24) is 4.40 Å². The molecule has 6 heteroatoms. The zero-order chi connectivity index (χ0) is 22.8. The largest absolute Gasteiger partial charge is 0.462 e. The summed E-state index contributed by atoms with van der Waals surface area (Å²) in [5.74, 6) is -1.79. The third-order valence-corrected chi connectivity index (χ3v) is 5.31. The zero-order valence-electron chi connectivity index (χ0n) is 18.2. The van der Waals surface area contributed by atoms with Crippen LogP contribution in [-0.4, -0.2) is 35.3 Å². The number of carbonyl (C=O) groups is 3. The number of fused-ring (bicyclic) bond motifs is 3. The van der Waals surface area contributed by atoms with Crippen LogP contribution in [0.4, 0.5) is 0 Å². The van der Waals surface area contributed by atoms with Crippen molar-refractivity contribution in [2.45, 2.75) is 20.8 Å². The van der Waals surface area contributed by atoms with Crippen molar-refractivity contribution in [3.05, 3.63) is 88.7 Å². The second kappa shape index (κ2) is 8.67. The number of pyridine rings is 1. The maximum Gasteiger partial charge on any atom is 0.356 e. The molecule has 0 spiro atoms. The summed E-state index contributed by atoms with van der Waals surface area (Å²) in [6.07, 6.45) is 1.68. The van der Waals surface area contributed by atoms with Crippen LogP contribution < -0.4 is 0 Å². The molecule has 0 saturated heterocycles. The summed E-state index contributed by atoms with van der Waals surface area (Å²) in [5.41, 5.74) is 1.93. The van der Waals surface area contributed by atoms with Crippen LogP contribution in [0.25, 0.3) is 16.3 Å². The fraction of sp³-hybridized carbons (Fsp3) is 0.192. The number of nitrogens with zero attached hydrogens (tertiary/aromatic N) is 1. The van der Waals surface area contributed by atoms with Crippen molar-refractivity contribution in [2.24, 2.45) is 0 Å². The van der Waals surface area contributed by atoms with E-state index in [0.717, 1.165) is 16.3 Å². The van der Waals surface area contributed by atoms with E-state index in [9.17, 15) is 14.4 Å². The number of aryl methyl sites for hydroxylation is 1. The predicted molar refractivity (Wildman–Crippen MR) is 121 cm³/mol. The van der Waals surface area contributed by atoms with Crippen LogP contribution in [0.15, 0.2) is 60.8 Å². The van der Waals surface area contributed by atoms with Crippen molar-refractivity contribution in [1.29, 1.82) is 0 Å². The van der Waals surface area contributed by atoms with Gasteiger partial charge in [-0.2, -0.15) is 0 Å². The topological polar surface area (TPSA) is 74.1 Å². The van der Waals surface area contributed by atoms with Gasteiger partial charge >= 0.3 is 11.9 Å². The number of aromatic nitrogens is 1. The Kier molecular flexibility index (Phi) is 5.77. The van der Waals surface area contributed by atoms with Crippen molar-refractivity contribution in [3.8, 4) is 0 Å². The minimum absolute atomic E-state index is 0.0125. The normalized spacial score (nSPS) is 11.0. The Balaban J connectivity index is 2.15. The van der Waals surface area contributed by atoms with E-state index in [-0.39, 0.29) is 35.8 Å². The van der Waals surface area contributed by atoms with Crippen LogP contribution in [0.3, 0.4) is 0 Å². The van der Waals surface area contributed by atoms with Gasteiger partial charge < -0.3 is 13.9 Å². The lowest BCUT2D eigenvalue weighted by Crippen LogP contribution is -2.17. The first-order valence-corrected chi connectivity index (χ1v) is 10.5. The highest BCUT2D eigenvalue weighted by Crippen LogP contribution is 2.33. The van der Waals surface area contributed by atoms with E-state index < -0.39 is 11.9 Å². The van der Waals surface area contributed by atoms with E-state index >= 15 is 0 Å². The Morgan fingerprint density at radius 1 is 0.812 bits per heavy atom. The number of ketones is 1. The molecule has 4 rings (SSSR count). The minimum Gasteiger partial charge on any atom is -0.462 e. The molecule has 0 aliphatic rings. The van der Waals surface area contributed by atoms with Crippen molar-refractivity contribution in [2.75, 3.05) is 13.2 Å². The molecule has 0 bridgehead atoms. The summed E-state index contributed by atoms with van der Waals surface area (Å²) in [6, 6.07) is 16.4. The van der Waals surface area contributed by atoms with Gasteiger partial charge in [0.1, 0.15) is 11.3 Å². The first kappa shape index (κ1) is 21.3. The first-order chi connectivity index (χ1) is 15.5. The minimum atomic E-state index is -0.737. The van der Waals surface area contributed by atoms with Gasteiger partial charge in [0.15, 0.2) is 5.78 Å². The molecule has 0 radical (unpaired) electrons. The van der Waals surface area contributed by atoms with Gasteiger partial charge in [0.25, 0.3) is 0 Å². The molecule has 0 fully saturated rings. The number of hydrogen-bond acceptors (Lipinski definition) is 5. The number of ether oxygens (including phenoxy) is 2. The molecule has 0 N–H and O–H groups in total. The molecule has 2 aromatic carbocycles. The molecular weight excluding hydrogens is 406 g/mol. The average molecular weight is 429 g/mol. The Labute approximate surface area is 185 Å². The molecule has 0 saturated carbocycles. The average Bonchev–Trinajstić information content (AvgIpc) is 3.15. The molecular formula is C26H23NO5. The van der Waals surface area contributed by atoms with Crippen LogP contribution >= 0.6 is 0 Å². The van der Waals surface area contributed by atoms with Gasteiger partial charge in [-0.15, -0.1) is 0 Å². The maximum absolute atomic E-state index is 13.8. The second-order valence-electron chi connectivity index (χ2n) is 7.36. The van der Waals surface area contributed by atoms with E-state index in [0.29, 0.717) is 11.1 Å².